The normalized spacial score (nSPS) is 12.7. The molecule has 0 aliphatic rings. The largest absolute Gasteiger partial charge is 0.480 e. The van der Waals surface area contributed by atoms with Crippen LogP contribution in [-0.4, -0.2) is 35.1 Å². The van der Waals surface area contributed by atoms with Crippen molar-refractivity contribution in [1.82, 2.24) is 4.90 Å². The first-order valence-corrected chi connectivity index (χ1v) is 6.36. The Balaban J connectivity index is 4.55. The lowest BCUT2D eigenvalue weighted by atomic mass is 10.1. The van der Waals surface area contributed by atoms with Crippen molar-refractivity contribution in [2.45, 2.75) is 52.5 Å². The van der Waals surface area contributed by atoms with Crippen molar-refractivity contribution >= 4 is 5.97 Å². The fourth-order valence-electron chi connectivity index (χ4n) is 1.90. The van der Waals surface area contributed by atoms with Crippen LogP contribution in [-0.2, 0) is 4.79 Å². The van der Waals surface area contributed by atoms with Gasteiger partial charge in [0.1, 0.15) is 6.04 Å². The van der Waals surface area contributed by atoms with Gasteiger partial charge in [-0.05, 0) is 12.3 Å². The number of nitriles is 1. The van der Waals surface area contributed by atoms with E-state index in [1.807, 2.05) is 4.90 Å². The molecule has 0 fully saturated rings. The maximum Gasteiger partial charge on any atom is 0.320 e. The Bertz CT molecular complexity index is 259. The average molecular weight is 240 g/mol. The molecule has 4 nitrogen and oxygen atoms in total. The quantitative estimate of drug-likeness (QED) is 0.672. The topological polar surface area (TPSA) is 64.3 Å². The van der Waals surface area contributed by atoms with Crippen LogP contribution in [0, 0.1) is 17.2 Å². The Labute approximate surface area is 104 Å². The van der Waals surface area contributed by atoms with Crippen molar-refractivity contribution < 1.29 is 9.90 Å². The molecule has 98 valence electrons. The van der Waals surface area contributed by atoms with Crippen molar-refractivity contribution in [1.29, 1.82) is 5.26 Å². The molecule has 17 heavy (non-hydrogen) atoms. The molecule has 0 aliphatic heterocycles. The van der Waals surface area contributed by atoms with Crippen LogP contribution in [0.4, 0.5) is 0 Å². The van der Waals surface area contributed by atoms with Crippen LogP contribution in [0.25, 0.3) is 0 Å². The minimum absolute atomic E-state index is 0.391. The molecule has 0 amide bonds. The van der Waals surface area contributed by atoms with E-state index in [0.29, 0.717) is 25.3 Å². The summed E-state index contributed by atoms with van der Waals surface area (Å²) in [6, 6.07) is 1.65. The summed E-state index contributed by atoms with van der Waals surface area (Å²) in [6.07, 6.45) is 2.97. The third-order valence-electron chi connectivity index (χ3n) is 2.67. The van der Waals surface area contributed by atoms with E-state index in [0.717, 1.165) is 19.4 Å². The molecule has 1 atom stereocenters. The number of nitrogens with zero attached hydrogens (tertiary/aromatic N) is 2. The molecular weight excluding hydrogens is 216 g/mol. The highest BCUT2D eigenvalue weighted by molar-refractivity contribution is 5.73. The summed E-state index contributed by atoms with van der Waals surface area (Å²) in [5, 5.41) is 17.9. The van der Waals surface area contributed by atoms with Crippen LogP contribution < -0.4 is 0 Å². The van der Waals surface area contributed by atoms with E-state index in [9.17, 15) is 9.90 Å². The van der Waals surface area contributed by atoms with E-state index >= 15 is 0 Å². The number of hydrogen-bond acceptors (Lipinski definition) is 3. The molecule has 1 unspecified atom stereocenters. The summed E-state index contributed by atoms with van der Waals surface area (Å²) in [7, 11) is 0. The SMILES string of the molecule is CCCCC(C(=O)O)N(CCC#N)CC(C)C. The number of carboxylic acids is 1. The lowest BCUT2D eigenvalue weighted by Crippen LogP contribution is -2.43. The first-order valence-electron chi connectivity index (χ1n) is 6.36. The van der Waals surface area contributed by atoms with Crippen LogP contribution in [0.2, 0.25) is 0 Å². The second kappa shape index (κ2) is 9.00. The van der Waals surface area contributed by atoms with Gasteiger partial charge in [-0.25, -0.2) is 0 Å². The lowest BCUT2D eigenvalue weighted by Gasteiger charge is -2.29. The Hall–Kier alpha value is -1.08. The molecule has 0 radical (unpaired) electrons. The fourth-order valence-corrected chi connectivity index (χ4v) is 1.90. The molecule has 0 aromatic carbocycles. The molecule has 0 aromatic heterocycles. The van der Waals surface area contributed by atoms with Gasteiger partial charge in [-0.1, -0.05) is 33.6 Å². The maximum absolute atomic E-state index is 11.3. The van der Waals surface area contributed by atoms with Crippen molar-refractivity contribution in [2.24, 2.45) is 5.92 Å². The highest BCUT2D eigenvalue weighted by Gasteiger charge is 2.24. The first kappa shape index (κ1) is 15.9. The minimum Gasteiger partial charge on any atom is -0.480 e. The Kier molecular flexibility index (Phi) is 8.43. The number of hydrogen-bond donors (Lipinski definition) is 1. The number of unbranched alkanes of at least 4 members (excludes halogenated alkanes) is 1. The Morgan fingerprint density at radius 3 is 2.53 bits per heavy atom. The molecule has 0 aliphatic carbocycles. The predicted octanol–water partition coefficient (Wildman–Crippen LogP) is 2.50. The zero-order chi connectivity index (χ0) is 13.3. The standard InChI is InChI=1S/C13H24N2O2/c1-4-5-7-12(13(16)17)15(9-6-8-14)10-11(2)3/h11-12H,4-7,9-10H2,1-3H3,(H,16,17). The molecule has 0 rings (SSSR count). The van der Waals surface area contributed by atoms with Gasteiger partial charge in [0.25, 0.3) is 0 Å². The zero-order valence-corrected chi connectivity index (χ0v) is 11.1. The molecular formula is C13H24N2O2. The molecule has 0 bridgehead atoms. The highest BCUT2D eigenvalue weighted by atomic mass is 16.4. The van der Waals surface area contributed by atoms with Gasteiger partial charge in [0.2, 0.25) is 0 Å². The van der Waals surface area contributed by atoms with E-state index in [1.165, 1.54) is 0 Å². The summed E-state index contributed by atoms with van der Waals surface area (Å²) < 4.78 is 0. The maximum atomic E-state index is 11.3. The summed E-state index contributed by atoms with van der Waals surface area (Å²) in [4.78, 5) is 13.2. The molecule has 0 saturated heterocycles. The monoisotopic (exact) mass is 240 g/mol. The average Bonchev–Trinajstić information content (AvgIpc) is 2.24. The molecule has 0 heterocycles. The number of carboxylic acid groups (broad SMARTS) is 1. The van der Waals surface area contributed by atoms with Crippen LogP contribution in [0.3, 0.4) is 0 Å². The zero-order valence-electron chi connectivity index (χ0n) is 11.1. The van der Waals surface area contributed by atoms with E-state index < -0.39 is 12.0 Å². The highest BCUT2D eigenvalue weighted by Crippen LogP contribution is 2.12. The van der Waals surface area contributed by atoms with Gasteiger partial charge >= 0.3 is 5.97 Å². The van der Waals surface area contributed by atoms with Crippen molar-refractivity contribution in [2.75, 3.05) is 13.1 Å². The Morgan fingerprint density at radius 1 is 1.47 bits per heavy atom. The lowest BCUT2D eigenvalue weighted by molar-refractivity contribution is -0.143. The van der Waals surface area contributed by atoms with Gasteiger partial charge in [0, 0.05) is 19.5 Å². The summed E-state index contributed by atoms with van der Waals surface area (Å²) >= 11 is 0. The molecule has 0 aromatic rings. The predicted molar refractivity (Wildman–Crippen MR) is 67.6 cm³/mol. The molecule has 0 spiro atoms. The number of carbonyl (C=O) groups is 1. The molecule has 1 N–H and O–H groups in total. The smallest absolute Gasteiger partial charge is 0.320 e. The second-order valence-electron chi connectivity index (χ2n) is 4.79. The number of rotatable bonds is 9. The summed E-state index contributed by atoms with van der Waals surface area (Å²) in [6.45, 7) is 7.48. The van der Waals surface area contributed by atoms with E-state index in [4.69, 9.17) is 5.26 Å². The van der Waals surface area contributed by atoms with Gasteiger partial charge in [0.05, 0.1) is 6.07 Å². The van der Waals surface area contributed by atoms with Crippen molar-refractivity contribution in [3.63, 3.8) is 0 Å². The third kappa shape index (κ3) is 6.96. The van der Waals surface area contributed by atoms with Gasteiger partial charge in [-0.3, -0.25) is 9.69 Å². The minimum atomic E-state index is -0.767. The van der Waals surface area contributed by atoms with Crippen LogP contribution >= 0.6 is 0 Å². The van der Waals surface area contributed by atoms with Crippen LogP contribution in [0.15, 0.2) is 0 Å². The Morgan fingerprint density at radius 2 is 2.12 bits per heavy atom. The van der Waals surface area contributed by atoms with E-state index in [1.54, 1.807) is 0 Å². The van der Waals surface area contributed by atoms with Gasteiger partial charge in [-0.15, -0.1) is 0 Å². The summed E-state index contributed by atoms with van der Waals surface area (Å²) in [5.74, 6) is -0.353. The third-order valence-corrected chi connectivity index (χ3v) is 2.67. The summed E-state index contributed by atoms with van der Waals surface area (Å²) in [5.41, 5.74) is 0. The van der Waals surface area contributed by atoms with Crippen molar-refractivity contribution in [3.05, 3.63) is 0 Å². The van der Waals surface area contributed by atoms with Crippen LogP contribution in [0.1, 0.15) is 46.5 Å². The van der Waals surface area contributed by atoms with E-state index in [-0.39, 0.29) is 0 Å². The van der Waals surface area contributed by atoms with Gasteiger partial charge in [-0.2, -0.15) is 5.26 Å². The van der Waals surface area contributed by atoms with Gasteiger partial charge < -0.3 is 5.11 Å². The van der Waals surface area contributed by atoms with Crippen molar-refractivity contribution in [3.8, 4) is 6.07 Å². The fraction of sp³-hybridized carbons (Fsp3) is 0.846. The first-order chi connectivity index (χ1) is 8.02. The second-order valence-corrected chi connectivity index (χ2v) is 4.79. The van der Waals surface area contributed by atoms with Crippen LogP contribution in [0.5, 0.6) is 0 Å². The number of aliphatic carboxylic acids is 1. The molecule has 4 heteroatoms. The van der Waals surface area contributed by atoms with E-state index in [2.05, 4.69) is 26.8 Å². The van der Waals surface area contributed by atoms with Gasteiger partial charge in [0.15, 0.2) is 0 Å². The molecule has 0 saturated carbocycles.